The van der Waals surface area contributed by atoms with E-state index in [-0.39, 0.29) is 5.91 Å². The molecule has 0 spiro atoms. The highest BCUT2D eigenvalue weighted by molar-refractivity contribution is 5.81. The molecule has 18 heavy (non-hydrogen) atoms. The first-order valence-corrected chi connectivity index (χ1v) is 6.26. The van der Waals surface area contributed by atoms with Gasteiger partial charge in [-0.1, -0.05) is 25.0 Å². The minimum absolute atomic E-state index is 0.369. The van der Waals surface area contributed by atoms with Crippen LogP contribution in [0.4, 0.5) is 0 Å². The fourth-order valence-electron chi connectivity index (χ4n) is 2.42. The summed E-state index contributed by atoms with van der Waals surface area (Å²) >= 11 is 0. The lowest BCUT2D eigenvalue weighted by molar-refractivity contribution is -0.120. The van der Waals surface area contributed by atoms with E-state index < -0.39 is 6.04 Å². The molecule has 1 saturated carbocycles. The van der Waals surface area contributed by atoms with Gasteiger partial charge in [0, 0.05) is 6.04 Å². The van der Waals surface area contributed by atoms with Crippen molar-refractivity contribution in [3.05, 3.63) is 35.4 Å². The maximum Gasteiger partial charge on any atom is 0.239 e. The van der Waals surface area contributed by atoms with Crippen LogP contribution in [0.5, 0.6) is 0 Å². The molecule has 1 aliphatic rings. The molecule has 0 saturated heterocycles. The summed E-state index contributed by atoms with van der Waals surface area (Å²) in [6, 6.07) is 8.97. The van der Waals surface area contributed by atoms with E-state index in [1.54, 1.807) is 24.3 Å². The lowest BCUT2D eigenvalue weighted by Crippen LogP contribution is -2.38. The average Bonchev–Trinajstić information content (AvgIpc) is 2.89. The van der Waals surface area contributed by atoms with Crippen LogP contribution in [0.25, 0.3) is 0 Å². The molecule has 2 rings (SSSR count). The Labute approximate surface area is 107 Å². The van der Waals surface area contributed by atoms with Gasteiger partial charge in [-0.2, -0.15) is 5.26 Å². The first-order valence-electron chi connectivity index (χ1n) is 6.26. The number of primary amides is 1. The van der Waals surface area contributed by atoms with Gasteiger partial charge in [-0.15, -0.1) is 0 Å². The summed E-state index contributed by atoms with van der Waals surface area (Å²) in [6.45, 7) is 0. The topological polar surface area (TPSA) is 78.9 Å². The quantitative estimate of drug-likeness (QED) is 0.843. The highest BCUT2D eigenvalue weighted by atomic mass is 16.1. The van der Waals surface area contributed by atoms with Crippen LogP contribution in [0.1, 0.15) is 42.9 Å². The number of rotatable bonds is 4. The van der Waals surface area contributed by atoms with Gasteiger partial charge in [0.15, 0.2) is 0 Å². The molecule has 0 unspecified atom stereocenters. The predicted octanol–water partition coefficient (Wildman–Crippen LogP) is 1.62. The molecule has 0 radical (unpaired) electrons. The van der Waals surface area contributed by atoms with Gasteiger partial charge in [0.2, 0.25) is 5.91 Å². The minimum atomic E-state index is -0.458. The van der Waals surface area contributed by atoms with Crippen molar-refractivity contribution in [2.24, 2.45) is 5.73 Å². The summed E-state index contributed by atoms with van der Waals surface area (Å²) in [5.74, 6) is -0.369. The van der Waals surface area contributed by atoms with Crippen LogP contribution in [0.2, 0.25) is 0 Å². The number of nitrogens with two attached hydrogens (primary N) is 1. The molecule has 1 fully saturated rings. The summed E-state index contributed by atoms with van der Waals surface area (Å²) in [6.07, 6.45) is 4.60. The van der Waals surface area contributed by atoms with Crippen molar-refractivity contribution in [2.75, 3.05) is 0 Å². The normalized spacial score (nSPS) is 17.3. The lowest BCUT2D eigenvalue weighted by atomic mass is 10.0. The lowest BCUT2D eigenvalue weighted by Gasteiger charge is -2.20. The third-order valence-electron chi connectivity index (χ3n) is 3.42. The standard InChI is InChI=1S/C14H17N3O/c15-9-10-5-7-11(8-6-10)13(14(16)18)17-12-3-1-2-4-12/h5-8,12-13,17H,1-4H2,(H2,16,18)/t13-/m1/s1. The molecule has 0 bridgehead atoms. The van der Waals surface area contributed by atoms with Crippen molar-refractivity contribution in [3.63, 3.8) is 0 Å². The van der Waals surface area contributed by atoms with Gasteiger partial charge in [0.25, 0.3) is 0 Å². The van der Waals surface area contributed by atoms with Crippen molar-refractivity contribution in [3.8, 4) is 6.07 Å². The van der Waals surface area contributed by atoms with Crippen LogP contribution in [-0.2, 0) is 4.79 Å². The third kappa shape index (κ3) is 2.88. The molecular formula is C14H17N3O. The second kappa shape index (κ2) is 5.65. The monoisotopic (exact) mass is 243 g/mol. The SMILES string of the molecule is N#Cc1ccc([C@@H](NC2CCCC2)C(N)=O)cc1. The molecule has 4 nitrogen and oxygen atoms in total. The van der Waals surface area contributed by atoms with Crippen LogP contribution >= 0.6 is 0 Å². The van der Waals surface area contributed by atoms with Crippen LogP contribution in [-0.4, -0.2) is 11.9 Å². The Morgan fingerprint density at radius 2 is 1.94 bits per heavy atom. The van der Waals surface area contributed by atoms with Crippen LogP contribution in [0.3, 0.4) is 0 Å². The number of nitrogens with zero attached hydrogens (tertiary/aromatic N) is 1. The second-order valence-electron chi connectivity index (χ2n) is 4.72. The van der Waals surface area contributed by atoms with Crippen molar-refractivity contribution < 1.29 is 4.79 Å². The van der Waals surface area contributed by atoms with E-state index >= 15 is 0 Å². The highest BCUT2D eigenvalue weighted by Crippen LogP contribution is 2.22. The molecule has 1 amide bonds. The predicted molar refractivity (Wildman–Crippen MR) is 68.5 cm³/mol. The van der Waals surface area contributed by atoms with E-state index in [0.717, 1.165) is 18.4 Å². The zero-order valence-electron chi connectivity index (χ0n) is 10.2. The fourth-order valence-corrected chi connectivity index (χ4v) is 2.42. The summed E-state index contributed by atoms with van der Waals surface area (Å²) in [7, 11) is 0. The molecule has 94 valence electrons. The molecular weight excluding hydrogens is 226 g/mol. The Bertz CT molecular complexity index is 455. The van der Waals surface area contributed by atoms with Crippen LogP contribution < -0.4 is 11.1 Å². The van der Waals surface area contributed by atoms with E-state index in [0.29, 0.717) is 11.6 Å². The fraction of sp³-hybridized carbons (Fsp3) is 0.429. The first kappa shape index (κ1) is 12.6. The molecule has 1 aromatic rings. The first-order chi connectivity index (χ1) is 8.70. The zero-order chi connectivity index (χ0) is 13.0. The zero-order valence-corrected chi connectivity index (χ0v) is 10.2. The maximum absolute atomic E-state index is 11.5. The Balaban J connectivity index is 2.13. The van der Waals surface area contributed by atoms with Crippen LogP contribution in [0.15, 0.2) is 24.3 Å². The van der Waals surface area contributed by atoms with Crippen molar-refractivity contribution in [1.29, 1.82) is 5.26 Å². The third-order valence-corrected chi connectivity index (χ3v) is 3.42. The van der Waals surface area contributed by atoms with E-state index in [1.165, 1.54) is 12.8 Å². The molecule has 1 atom stereocenters. The van der Waals surface area contributed by atoms with E-state index in [9.17, 15) is 4.79 Å². The summed E-state index contributed by atoms with van der Waals surface area (Å²) < 4.78 is 0. The van der Waals surface area contributed by atoms with E-state index in [2.05, 4.69) is 11.4 Å². The summed E-state index contributed by atoms with van der Waals surface area (Å²) in [5, 5.41) is 12.1. The number of hydrogen-bond acceptors (Lipinski definition) is 3. The van der Waals surface area contributed by atoms with E-state index in [4.69, 9.17) is 11.0 Å². The maximum atomic E-state index is 11.5. The van der Waals surface area contributed by atoms with Crippen molar-refractivity contribution in [1.82, 2.24) is 5.32 Å². The number of hydrogen-bond donors (Lipinski definition) is 2. The number of carbonyl (C=O) groups is 1. The summed E-state index contributed by atoms with van der Waals surface area (Å²) in [5.41, 5.74) is 6.86. The Kier molecular flexibility index (Phi) is 3.96. The minimum Gasteiger partial charge on any atom is -0.368 e. The van der Waals surface area contributed by atoms with E-state index in [1.807, 2.05) is 0 Å². The van der Waals surface area contributed by atoms with Gasteiger partial charge >= 0.3 is 0 Å². The Morgan fingerprint density at radius 1 is 1.33 bits per heavy atom. The number of benzene rings is 1. The Hall–Kier alpha value is -1.86. The van der Waals surface area contributed by atoms with Gasteiger partial charge in [0.05, 0.1) is 11.6 Å². The van der Waals surface area contributed by atoms with Gasteiger partial charge in [0.1, 0.15) is 6.04 Å². The van der Waals surface area contributed by atoms with Gasteiger partial charge in [-0.25, -0.2) is 0 Å². The molecule has 4 heteroatoms. The number of amides is 1. The number of nitrogens with one attached hydrogen (secondary N) is 1. The van der Waals surface area contributed by atoms with Crippen LogP contribution in [0, 0.1) is 11.3 Å². The number of nitriles is 1. The molecule has 0 heterocycles. The van der Waals surface area contributed by atoms with Crippen molar-refractivity contribution in [2.45, 2.75) is 37.8 Å². The molecule has 1 aromatic carbocycles. The average molecular weight is 243 g/mol. The van der Waals surface area contributed by atoms with Gasteiger partial charge < -0.3 is 5.73 Å². The summed E-state index contributed by atoms with van der Waals surface area (Å²) in [4.78, 5) is 11.5. The second-order valence-corrected chi connectivity index (χ2v) is 4.72. The van der Waals surface area contributed by atoms with Crippen molar-refractivity contribution >= 4 is 5.91 Å². The Morgan fingerprint density at radius 3 is 2.44 bits per heavy atom. The highest BCUT2D eigenvalue weighted by Gasteiger charge is 2.23. The molecule has 0 aliphatic heterocycles. The van der Waals surface area contributed by atoms with Gasteiger partial charge in [-0.3, -0.25) is 10.1 Å². The molecule has 0 aromatic heterocycles. The molecule has 3 N–H and O–H groups in total. The largest absolute Gasteiger partial charge is 0.368 e. The number of carbonyl (C=O) groups excluding carboxylic acids is 1. The smallest absolute Gasteiger partial charge is 0.239 e. The molecule has 1 aliphatic carbocycles. The van der Waals surface area contributed by atoms with Gasteiger partial charge in [-0.05, 0) is 30.5 Å².